The largest absolute Gasteiger partial charge is 0.477 e. The molecule has 108 valence electrons. The Morgan fingerprint density at radius 2 is 2.10 bits per heavy atom. The molecule has 0 spiro atoms. The fourth-order valence-corrected chi connectivity index (χ4v) is 2.15. The van der Waals surface area contributed by atoms with Crippen LogP contribution >= 0.6 is 35.6 Å². The molecule has 0 aliphatic carbocycles. The minimum absolute atomic E-state index is 0. The van der Waals surface area contributed by atoms with E-state index in [1.165, 1.54) is 12.5 Å². The maximum absolute atomic E-state index is 11.6. The molecule has 2 heterocycles. The lowest BCUT2D eigenvalue weighted by Crippen LogP contribution is -2.29. The number of primary amides is 1. The number of carbonyl (C=O) groups is 2. The van der Waals surface area contributed by atoms with Crippen LogP contribution < -0.4 is 5.73 Å². The lowest BCUT2D eigenvalue weighted by atomic mass is 10.2. The van der Waals surface area contributed by atoms with Crippen LogP contribution in [0, 0.1) is 0 Å². The summed E-state index contributed by atoms with van der Waals surface area (Å²) in [5.74, 6) is -2.08. The molecule has 0 fully saturated rings. The summed E-state index contributed by atoms with van der Waals surface area (Å²) in [6.07, 6.45) is 2.76. The maximum atomic E-state index is 11.6. The number of aromatic amines is 1. The standard InChI is InChI=1S/C10H8Cl2N4O3.ClH/c11-4-1-6(10(18)19)16(8(4)12)7(9(13)17)5-2-14-3-15-5;/h1-3,7H,(H2,13,17)(H,14,15)(H,18,19);1H. The molecule has 1 unspecified atom stereocenters. The van der Waals surface area contributed by atoms with Crippen molar-refractivity contribution < 1.29 is 14.7 Å². The van der Waals surface area contributed by atoms with Gasteiger partial charge in [0.25, 0.3) is 0 Å². The zero-order valence-electron chi connectivity index (χ0n) is 9.71. The van der Waals surface area contributed by atoms with E-state index >= 15 is 0 Å². The van der Waals surface area contributed by atoms with Gasteiger partial charge in [-0.2, -0.15) is 0 Å². The van der Waals surface area contributed by atoms with Gasteiger partial charge < -0.3 is 20.4 Å². The Morgan fingerprint density at radius 3 is 2.55 bits per heavy atom. The number of carboxylic acid groups (broad SMARTS) is 1. The van der Waals surface area contributed by atoms with E-state index in [0.717, 1.165) is 10.6 Å². The molecule has 0 saturated heterocycles. The fraction of sp³-hybridized carbons (Fsp3) is 0.100. The number of carbonyl (C=O) groups excluding carboxylic acids is 1. The van der Waals surface area contributed by atoms with Crippen LogP contribution in [-0.2, 0) is 4.79 Å². The van der Waals surface area contributed by atoms with Crippen molar-refractivity contribution in [2.45, 2.75) is 6.04 Å². The topological polar surface area (TPSA) is 114 Å². The molecule has 0 saturated carbocycles. The van der Waals surface area contributed by atoms with Crippen molar-refractivity contribution in [3.05, 3.63) is 40.2 Å². The Labute approximate surface area is 129 Å². The van der Waals surface area contributed by atoms with E-state index in [-0.39, 0.29) is 34.0 Å². The van der Waals surface area contributed by atoms with Gasteiger partial charge in [-0.3, -0.25) is 4.79 Å². The molecular formula is C10H9Cl3N4O3. The molecule has 0 bridgehead atoms. The van der Waals surface area contributed by atoms with Gasteiger partial charge in [-0.05, 0) is 6.07 Å². The van der Waals surface area contributed by atoms with Crippen LogP contribution in [0.4, 0.5) is 0 Å². The van der Waals surface area contributed by atoms with Crippen molar-refractivity contribution >= 4 is 47.5 Å². The smallest absolute Gasteiger partial charge is 0.352 e. The van der Waals surface area contributed by atoms with E-state index in [4.69, 9.17) is 34.0 Å². The normalized spacial score (nSPS) is 11.7. The average Bonchev–Trinajstić information content (AvgIpc) is 2.92. The van der Waals surface area contributed by atoms with Gasteiger partial charge in [-0.15, -0.1) is 12.4 Å². The molecule has 4 N–H and O–H groups in total. The highest BCUT2D eigenvalue weighted by Gasteiger charge is 2.29. The number of hydrogen-bond donors (Lipinski definition) is 3. The van der Waals surface area contributed by atoms with E-state index in [0.29, 0.717) is 0 Å². The predicted molar refractivity (Wildman–Crippen MR) is 74.6 cm³/mol. The van der Waals surface area contributed by atoms with Gasteiger partial charge in [-0.25, -0.2) is 9.78 Å². The molecule has 1 atom stereocenters. The number of rotatable bonds is 4. The van der Waals surface area contributed by atoms with Gasteiger partial charge in [0.15, 0.2) is 6.04 Å². The first-order chi connectivity index (χ1) is 8.93. The summed E-state index contributed by atoms with van der Waals surface area (Å²) in [5, 5.41) is 9.04. The van der Waals surface area contributed by atoms with Crippen LogP contribution in [0.1, 0.15) is 22.2 Å². The van der Waals surface area contributed by atoms with Crippen molar-refractivity contribution in [2.75, 3.05) is 0 Å². The van der Waals surface area contributed by atoms with E-state index in [9.17, 15) is 9.59 Å². The number of H-pyrrole nitrogens is 1. The Balaban J connectivity index is 0.00000200. The Hall–Kier alpha value is -1.70. The molecule has 0 radical (unpaired) electrons. The second kappa shape index (κ2) is 6.17. The van der Waals surface area contributed by atoms with E-state index in [2.05, 4.69) is 9.97 Å². The Bertz CT molecular complexity index is 638. The summed E-state index contributed by atoms with van der Waals surface area (Å²) in [4.78, 5) is 29.3. The first-order valence-electron chi connectivity index (χ1n) is 5.01. The molecule has 2 aromatic rings. The highest BCUT2D eigenvalue weighted by atomic mass is 35.5. The molecular weight excluding hydrogens is 330 g/mol. The summed E-state index contributed by atoms with van der Waals surface area (Å²) < 4.78 is 1.03. The number of amides is 1. The van der Waals surface area contributed by atoms with Crippen molar-refractivity contribution in [1.29, 1.82) is 0 Å². The number of halogens is 3. The lowest BCUT2D eigenvalue weighted by Gasteiger charge is -2.16. The van der Waals surface area contributed by atoms with E-state index in [1.54, 1.807) is 0 Å². The summed E-state index contributed by atoms with van der Waals surface area (Å²) in [5.41, 5.74) is 5.29. The highest BCUT2D eigenvalue weighted by Crippen LogP contribution is 2.32. The SMILES string of the molecule is Cl.NC(=O)C(c1c[nH]cn1)n1c(C(=O)O)cc(Cl)c1Cl. The third kappa shape index (κ3) is 2.74. The molecule has 1 amide bonds. The summed E-state index contributed by atoms with van der Waals surface area (Å²) in [6, 6.07) is -0.00760. The van der Waals surface area contributed by atoms with Crippen molar-refractivity contribution in [2.24, 2.45) is 5.73 Å². The van der Waals surface area contributed by atoms with Crippen LogP contribution in [0.15, 0.2) is 18.6 Å². The number of carboxylic acids is 1. The van der Waals surface area contributed by atoms with Crippen LogP contribution in [0.5, 0.6) is 0 Å². The van der Waals surface area contributed by atoms with E-state index < -0.39 is 17.9 Å². The zero-order chi connectivity index (χ0) is 14.2. The third-order valence-electron chi connectivity index (χ3n) is 2.48. The molecule has 7 nitrogen and oxygen atoms in total. The minimum atomic E-state index is -1.28. The number of aromatic nitrogens is 3. The fourth-order valence-electron chi connectivity index (χ4n) is 1.71. The zero-order valence-corrected chi connectivity index (χ0v) is 12.0. The molecule has 2 aromatic heterocycles. The van der Waals surface area contributed by atoms with Gasteiger partial charge >= 0.3 is 5.97 Å². The first kappa shape index (κ1) is 16.4. The summed E-state index contributed by atoms with van der Waals surface area (Å²) in [7, 11) is 0. The van der Waals surface area contributed by atoms with Gasteiger partial charge in [-0.1, -0.05) is 23.2 Å². The van der Waals surface area contributed by atoms with Crippen LogP contribution in [0.2, 0.25) is 10.2 Å². The van der Waals surface area contributed by atoms with Gasteiger partial charge in [0, 0.05) is 6.20 Å². The molecule has 10 heteroatoms. The summed E-state index contributed by atoms with van der Waals surface area (Å²) >= 11 is 11.7. The van der Waals surface area contributed by atoms with Crippen molar-refractivity contribution in [3.63, 3.8) is 0 Å². The van der Waals surface area contributed by atoms with Gasteiger partial charge in [0.2, 0.25) is 5.91 Å². The van der Waals surface area contributed by atoms with Gasteiger partial charge in [0.1, 0.15) is 10.8 Å². The van der Waals surface area contributed by atoms with Crippen molar-refractivity contribution in [1.82, 2.24) is 14.5 Å². The summed E-state index contributed by atoms with van der Waals surface area (Å²) in [6.45, 7) is 0. The van der Waals surface area contributed by atoms with Gasteiger partial charge in [0.05, 0.1) is 17.0 Å². The number of nitrogens with two attached hydrogens (primary N) is 1. The molecule has 0 aliphatic rings. The van der Waals surface area contributed by atoms with E-state index in [1.807, 2.05) is 0 Å². The number of nitrogens with one attached hydrogen (secondary N) is 1. The molecule has 0 aliphatic heterocycles. The highest BCUT2D eigenvalue weighted by molar-refractivity contribution is 6.42. The average molecular weight is 340 g/mol. The Morgan fingerprint density at radius 1 is 1.45 bits per heavy atom. The predicted octanol–water partition coefficient (Wildman–Crippen LogP) is 1.71. The van der Waals surface area contributed by atoms with Crippen LogP contribution in [0.3, 0.4) is 0 Å². The second-order valence-electron chi connectivity index (χ2n) is 3.64. The quantitative estimate of drug-likeness (QED) is 0.786. The van der Waals surface area contributed by atoms with Crippen molar-refractivity contribution in [3.8, 4) is 0 Å². The monoisotopic (exact) mass is 338 g/mol. The number of hydrogen-bond acceptors (Lipinski definition) is 3. The third-order valence-corrected chi connectivity index (χ3v) is 3.25. The Kier molecular flexibility index (Phi) is 5.04. The van der Waals surface area contributed by atoms with Crippen LogP contribution in [0.25, 0.3) is 0 Å². The maximum Gasteiger partial charge on any atom is 0.352 e. The second-order valence-corrected chi connectivity index (χ2v) is 4.41. The number of imidazole rings is 1. The molecule has 0 aromatic carbocycles. The molecule has 2 rings (SSSR count). The number of aromatic carboxylic acids is 1. The van der Waals surface area contributed by atoms with Crippen LogP contribution in [-0.4, -0.2) is 31.5 Å². The minimum Gasteiger partial charge on any atom is -0.477 e. The number of nitrogens with zero attached hydrogens (tertiary/aromatic N) is 2. The lowest BCUT2D eigenvalue weighted by molar-refractivity contribution is -0.120. The molecule has 20 heavy (non-hydrogen) atoms. The first-order valence-corrected chi connectivity index (χ1v) is 5.76.